The van der Waals surface area contributed by atoms with Crippen molar-refractivity contribution < 1.29 is 9.84 Å². The van der Waals surface area contributed by atoms with Gasteiger partial charge in [-0.25, -0.2) is 4.79 Å². The molecule has 0 spiro atoms. The first kappa shape index (κ1) is 27.5. The largest absolute Gasteiger partial charge is 0.485 e. The van der Waals surface area contributed by atoms with E-state index in [1.54, 1.807) is 10.6 Å². The van der Waals surface area contributed by atoms with E-state index >= 15 is 0 Å². The number of anilines is 1. The maximum absolute atomic E-state index is 13.1. The normalized spacial score (nSPS) is 15.8. The summed E-state index contributed by atoms with van der Waals surface area (Å²) in [6.07, 6.45) is -0.436. The molecule has 2 heterocycles. The predicted octanol–water partition coefficient (Wildman–Crippen LogP) is 2.58. The lowest BCUT2D eigenvalue weighted by Gasteiger charge is -2.40. The Morgan fingerprint density at radius 1 is 1.03 bits per heavy atom. The van der Waals surface area contributed by atoms with Crippen molar-refractivity contribution in [2.45, 2.75) is 71.8 Å². The summed E-state index contributed by atoms with van der Waals surface area (Å²) in [5.74, 6) is 1.28. The Hall–Kier alpha value is -3.09. The number of hydrogen-bond donors (Lipinski definition) is 1. The third-order valence-electron chi connectivity index (χ3n) is 6.67. The van der Waals surface area contributed by atoms with Gasteiger partial charge < -0.3 is 14.7 Å². The Morgan fingerprint density at radius 2 is 1.67 bits per heavy atom. The number of nitrogens with zero attached hydrogens (tertiary/aromatic N) is 5. The van der Waals surface area contributed by atoms with Crippen LogP contribution in [0.15, 0.2) is 39.9 Å². The highest BCUT2D eigenvalue weighted by atomic mass is 16.5. The van der Waals surface area contributed by atoms with Gasteiger partial charge in [-0.2, -0.15) is 5.26 Å². The number of piperazine rings is 1. The summed E-state index contributed by atoms with van der Waals surface area (Å²) >= 11 is 0. The van der Waals surface area contributed by atoms with E-state index in [0.717, 1.165) is 5.56 Å². The van der Waals surface area contributed by atoms with E-state index < -0.39 is 11.7 Å². The van der Waals surface area contributed by atoms with Crippen LogP contribution in [0.4, 0.5) is 5.82 Å². The summed E-state index contributed by atoms with van der Waals surface area (Å²) < 4.78 is 9.11. The summed E-state index contributed by atoms with van der Waals surface area (Å²) in [5.41, 5.74) is -0.519. The van der Waals surface area contributed by atoms with Gasteiger partial charge in [0.1, 0.15) is 23.3 Å². The highest BCUT2D eigenvalue weighted by Crippen LogP contribution is 2.24. The minimum absolute atomic E-state index is 0.0810. The van der Waals surface area contributed by atoms with Crippen molar-refractivity contribution >= 4 is 5.82 Å². The van der Waals surface area contributed by atoms with Crippen molar-refractivity contribution in [3.8, 4) is 11.8 Å². The second-order valence-corrected chi connectivity index (χ2v) is 10.5. The van der Waals surface area contributed by atoms with Crippen LogP contribution in [-0.2, 0) is 6.42 Å². The van der Waals surface area contributed by atoms with Crippen molar-refractivity contribution in [3.63, 3.8) is 0 Å². The molecule has 1 aliphatic rings. The maximum atomic E-state index is 13.1. The molecule has 1 aliphatic heterocycles. The first-order valence-electron chi connectivity index (χ1n) is 12.6. The summed E-state index contributed by atoms with van der Waals surface area (Å²) in [4.78, 5) is 30.0. The van der Waals surface area contributed by atoms with Crippen molar-refractivity contribution in [1.29, 1.82) is 5.26 Å². The molecule has 9 heteroatoms. The van der Waals surface area contributed by atoms with Gasteiger partial charge in [-0.3, -0.25) is 18.8 Å². The van der Waals surface area contributed by atoms with E-state index in [2.05, 4.69) is 15.9 Å². The summed E-state index contributed by atoms with van der Waals surface area (Å²) in [6.45, 7) is 14.4. The quantitative estimate of drug-likeness (QED) is 0.568. The van der Waals surface area contributed by atoms with Gasteiger partial charge in [-0.05, 0) is 59.2 Å². The molecular formula is C27H39N5O4. The molecule has 3 rings (SSSR count). The van der Waals surface area contributed by atoms with Crippen LogP contribution in [-0.4, -0.2) is 63.6 Å². The Balaban J connectivity index is 1.67. The second-order valence-electron chi connectivity index (χ2n) is 10.5. The van der Waals surface area contributed by atoms with Gasteiger partial charge in [0.15, 0.2) is 0 Å². The smallest absolute Gasteiger partial charge is 0.333 e. The first-order valence-corrected chi connectivity index (χ1v) is 12.6. The topological polar surface area (TPSA) is 104 Å². The number of aromatic nitrogens is 2. The number of hydrogen-bond acceptors (Lipinski definition) is 7. The van der Waals surface area contributed by atoms with Crippen molar-refractivity contribution in [1.82, 2.24) is 14.0 Å². The molecule has 1 unspecified atom stereocenters. The molecule has 9 nitrogen and oxygen atoms in total. The summed E-state index contributed by atoms with van der Waals surface area (Å²) in [5, 5.41) is 19.9. The van der Waals surface area contributed by atoms with Crippen LogP contribution in [0, 0.1) is 11.3 Å². The van der Waals surface area contributed by atoms with Gasteiger partial charge in [0, 0.05) is 50.9 Å². The lowest BCUT2D eigenvalue weighted by atomic mass is 10.0. The monoisotopic (exact) mass is 497 g/mol. The number of β-amino-alcohol motifs (C(OH)–C–C–N with tert-alkyl or cyclic N) is 1. The van der Waals surface area contributed by atoms with E-state index in [0.29, 0.717) is 50.7 Å². The predicted molar refractivity (Wildman–Crippen MR) is 141 cm³/mol. The SMILES string of the molecule is CC(C)n1c(N2CCN(CC(O)C(C)(C)Oc3cccc(CC#N)c3)CC2)cc(=O)n(C(C)C)c1=O. The molecule has 36 heavy (non-hydrogen) atoms. The highest BCUT2D eigenvalue weighted by molar-refractivity contribution is 5.40. The molecule has 1 N–H and O–H groups in total. The highest BCUT2D eigenvalue weighted by Gasteiger charge is 2.33. The number of aliphatic hydroxyl groups is 1. The van der Waals surface area contributed by atoms with E-state index in [4.69, 9.17) is 10.00 Å². The Bertz CT molecular complexity index is 1200. The zero-order chi connectivity index (χ0) is 26.6. The number of benzene rings is 1. The number of rotatable bonds is 9. The van der Waals surface area contributed by atoms with E-state index in [9.17, 15) is 14.7 Å². The van der Waals surface area contributed by atoms with E-state index in [1.165, 1.54) is 4.57 Å². The molecule has 0 amide bonds. The zero-order valence-corrected chi connectivity index (χ0v) is 22.3. The molecule has 0 radical (unpaired) electrons. The third kappa shape index (κ3) is 6.18. The average molecular weight is 498 g/mol. The van der Waals surface area contributed by atoms with Crippen molar-refractivity contribution in [3.05, 3.63) is 56.7 Å². The third-order valence-corrected chi connectivity index (χ3v) is 6.67. The molecule has 1 saturated heterocycles. The Kier molecular flexibility index (Phi) is 8.64. The molecule has 0 saturated carbocycles. The molecule has 1 fully saturated rings. The molecular weight excluding hydrogens is 458 g/mol. The van der Waals surface area contributed by atoms with Gasteiger partial charge in [0.05, 0.1) is 12.5 Å². The number of aliphatic hydroxyl groups excluding tert-OH is 1. The van der Waals surface area contributed by atoms with Crippen LogP contribution in [0.1, 0.15) is 59.2 Å². The van der Waals surface area contributed by atoms with Crippen molar-refractivity contribution in [2.75, 3.05) is 37.6 Å². The molecule has 0 aliphatic carbocycles. The number of ether oxygens (including phenoxy) is 1. The maximum Gasteiger partial charge on any atom is 0.333 e. The number of nitriles is 1. The summed E-state index contributed by atoms with van der Waals surface area (Å²) in [7, 11) is 0. The van der Waals surface area contributed by atoms with Crippen LogP contribution in [0.25, 0.3) is 0 Å². The minimum atomic E-state index is -0.831. The molecule has 0 bridgehead atoms. The van der Waals surface area contributed by atoms with E-state index in [-0.39, 0.29) is 23.3 Å². The van der Waals surface area contributed by atoms with Crippen molar-refractivity contribution in [2.24, 2.45) is 0 Å². The van der Waals surface area contributed by atoms with E-state index in [1.807, 2.05) is 65.8 Å². The summed E-state index contributed by atoms with van der Waals surface area (Å²) in [6, 6.07) is 10.8. The first-order chi connectivity index (χ1) is 16.9. The fourth-order valence-corrected chi connectivity index (χ4v) is 4.57. The minimum Gasteiger partial charge on any atom is -0.485 e. The van der Waals surface area contributed by atoms with Crippen LogP contribution >= 0.6 is 0 Å². The van der Waals surface area contributed by atoms with Gasteiger partial charge >= 0.3 is 5.69 Å². The molecule has 1 aromatic carbocycles. The Morgan fingerprint density at radius 3 is 2.25 bits per heavy atom. The van der Waals surface area contributed by atoms with Crippen LogP contribution in [0.3, 0.4) is 0 Å². The molecule has 1 aromatic heterocycles. The molecule has 1 atom stereocenters. The van der Waals surface area contributed by atoms with Gasteiger partial charge in [-0.15, -0.1) is 0 Å². The fourth-order valence-electron chi connectivity index (χ4n) is 4.57. The molecule has 2 aromatic rings. The molecule has 196 valence electrons. The second kappa shape index (κ2) is 11.3. The average Bonchev–Trinajstić information content (AvgIpc) is 2.78. The van der Waals surface area contributed by atoms with Gasteiger partial charge in [0.2, 0.25) is 0 Å². The van der Waals surface area contributed by atoms with Gasteiger partial charge in [0.25, 0.3) is 5.56 Å². The Labute approximate surface area is 213 Å². The van der Waals surface area contributed by atoms with Crippen LogP contribution < -0.4 is 20.9 Å². The van der Waals surface area contributed by atoms with Crippen LogP contribution in [0.2, 0.25) is 0 Å². The lowest BCUT2D eigenvalue weighted by molar-refractivity contribution is -0.0450. The fraction of sp³-hybridized carbons (Fsp3) is 0.593. The lowest BCUT2D eigenvalue weighted by Crippen LogP contribution is -2.54. The standard InChI is InChI=1S/C27H39N5O4/c1-19(2)31-24(17-25(34)32(20(3)4)26(31)35)30-14-12-29(13-15-30)18-23(33)27(5,6)36-22-9-7-8-21(16-22)10-11-28/h7-9,16-17,19-20,23,33H,10,12-15,18H2,1-6H3. The van der Waals surface area contributed by atoms with Crippen LogP contribution in [0.5, 0.6) is 5.75 Å². The zero-order valence-electron chi connectivity index (χ0n) is 22.3. The van der Waals surface area contributed by atoms with Gasteiger partial charge in [-0.1, -0.05) is 12.1 Å².